The maximum Gasteiger partial charge on any atom is 0.327 e. The van der Waals surface area contributed by atoms with Crippen LogP contribution in [-0.4, -0.2) is 36.2 Å². The average molecular weight is 344 g/mol. The number of carboxylic acids is 1. The highest BCUT2D eigenvalue weighted by molar-refractivity contribution is 6.00. The van der Waals surface area contributed by atoms with Crippen molar-refractivity contribution in [1.82, 2.24) is 0 Å². The molecule has 2 rings (SSSR count). The molecule has 0 aliphatic rings. The standard InChI is InChI=1S/C16H16O4.C3H4O2/c1-19-13-7-3-5-11(9-13)15(17)16(18)12-6-4-8-14(10-12)20-2;1-2-3(4)5/h3-10,15,17H,1-2H3;2H,1H2,(H,4,5). The molecule has 1 unspecified atom stereocenters. The molecule has 0 saturated carbocycles. The van der Waals surface area contributed by atoms with Crippen LogP contribution in [0.15, 0.2) is 61.2 Å². The molecule has 6 heteroatoms. The van der Waals surface area contributed by atoms with E-state index in [1.807, 2.05) is 0 Å². The number of benzene rings is 2. The van der Waals surface area contributed by atoms with Crippen molar-refractivity contribution in [2.75, 3.05) is 14.2 Å². The summed E-state index contributed by atoms with van der Waals surface area (Å²) in [5.74, 6) is -0.184. The molecule has 2 aromatic rings. The molecule has 0 amide bonds. The summed E-state index contributed by atoms with van der Waals surface area (Å²) in [4.78, 5) is 21.5. The van der Waals surface area contributed by atoms with Crippen molar-refractivity contribution >= 4 is 11.8 Å². The molecule has 0 fully saturated rings. The lowest BCUT2D eigenvalue weighted by atomic mass is 9.99. The highest BCUT2D eigenvalue weighted by Gasteiger charge is 2.20. The second-order valence-electron chi connectivity index (χ2n) is 4.82. The summed E-state index contributed by atoms with van der Waals surface area (Å²) in [7, 11) is 3.07. The Morgan fingerprint density at radius 3 is 2.08 bits per heavy atom. The Bertz CT molecular complexity index is 738. The monoisotopic (exact) mass is 344 g/mol. The Balaban J connectivity index is 0.000000550. The van der Waals surface area contributed by atoms with E-state index in [9.17, 15) is 14.7 Å². The van der Waals surface area contributed by atoms with Gasteiger partial charge < -0.3 is 19.7 Å². The van der Waals surface area contributed by atoms with Gasteiger partial charge in [0.15, 0.2) is 5.78 Å². The van der Waals surface area contributed by atoms with Gasteiger partial charge in [0.1, 0.15) is 17.6 Å². The first-order valence-corrected chi connectivity index (χ1v) is 7.28. The van der Waals surface area contributed by atoms with Crippen molar-refractivity contribution in [1.29, 1.82) is 0 Å². The highest BCUT2D eigenvalue weighted by Crippen LogP contribution is 2.23. The first-order chi connectivity index (χ1) is 11.9. The molecular weight excluding hydrogens is 324 g/mol. The Morgan fingerprint density at radius 1 is 1.04 bits per heavy atom. The van der Waals surface area contributed by atoms with Crippen LogP contribution in [0, 0.1) is 0 Å². The smallest absolute Gasteiger partial charge is 0.327 e. The number of aliphatic hydroxyl groups is 1. The fourth-order valence-corrected chi connectivity index (χ4v) is 1.90. The van der Waals surface area contributed by atoms with E-state index in [0.29, 0.717) is 22.6 Å². The quantitative estimate of drug-likeness (QED) is 0.618. The van der Waals surface area contributed by atoms with Gasteiger partial charge in [-0.15, -0.1) is 0 Å². The fraction of sp³-hybridized carbons (Fsp3) is 0.158. The van der Waals surface area contributed by atoms with Gasteiger partial charge >= 0.3 is 5.97 Å². The van der Waals surface area contributed by atoms with Gasteiger partial charge in [0, 0.05) is 11.6 Å². The molecule has 25 heavy (non-hydrogen) atoms. The van der Waals surface area contributed by atoms with Crippen LogP contribution in [-0.2, 0) is 4.79 Å². The summed E-state index contributed by atoms with van der Waals surface area (Å²) in [6.45, 7) is 2.96. The third-order valence-corrected chi connectivity index (χ3v) is 3.19. The zero-order chi connectivity index (χ0) is 18.8. The summed E-state index contributed by atoms with van der Waals surface area (Å²) in [5, 5.41) is 17.8. The summed E-state index contributed by atoms with van der Waals surface area (Å²) >= 11 is 0. The molecule has 2 aromatic carbocycles. The lowest BCUT2D eigenvalue weighted by molar-refractivity contribution is -0.131. The number of Topliss-reactive ketones (excluding diaryl/α,β-unsaturated/α-hetero) is 1. The number of hydrogen-bond donors (Lipinski definition) is 2. The zero-order valence-electron chi connectivity index (χ0n) is 14.0. The summed E-state index contributed by atoms with van der Waals surface area (Å²) in [6.07, 6.45) is -0.391. The van der Waals surface area contributed by atoms with E-state index in [0.717, 1.165) is 6.08 Å². The Morgan fingerprint density at radius 2 is 1.56 bits per heavy atom. The predicted molar refractivity (Wildman–Crippen MR) is 93.1 cm³/mol. The van der Waals surface area contributed by atoms with E-state index in [1.165, 1.54) is 14.2 Å². The maximum absolute atomic E-state index is 12.3. The molecule has 0 spiro atoms. The van der Waals surface area contributed by atoms with Gasteiger partial charge in [0.2, 0.25) is 0 Å². The van der Waals surface area contributed by atoms with Gasteiger partial charge in [-0.2, -0.15) is 0 Å². The van der Waals surface area contributed by atoms with Gasteiger partial charge in [0.05, 0.1) is 14.2 Å². The van der Waals surface area contributed by atoms with Crippen LogP contribution in [0.5, 0.6) is 11.5 Å². The Kier molecular flexibility index (Phi) is 7.89. The highest BCUT2D eigenvalue weighted by atomic mass is 16.5. The number of rotatable bonds is 6. The molecule has 1 atom stereocenters. The van der Waals surface area contributed by atoms with E-state index < -0.39 is 12.1 Å². The van der Waals surface area contributed by atoms with Crippen LogP contribution < -0.4 is 9.47 Å². The van der Waals surface area contributed by atoms with E-state index >= 15 is 0 Å². The molecule has 132 valence electrons. The molecule has 0 bridgehead atoms. The van der Waals surface area contributed by atoms with Gasteiger partial charge in [-0.3, -0.25) is 4.79 Å². The fourth-order valence-electron chi connectivity index (χ4n) is 1.90. The third-order valence-electron chi connectivity index (χ3n) is 3.19. The normalized spacial score (nSPS) is 10.7. The number of methoxy groups -OCH3 is 2. The number of carboxylic acid groups (broad SMARTS) is 1. The molecule has 2 N–H and O–H groups in total. The molecule has 0 radical (unpaired) electrons. The number of hydrogen-bond acceptors (Lipinski definition) is 5. The van der Waals surface area contributed by atoms with Crippen LogP contribution in [0.1, 0.15) is 22.0 Å². The minimum Gasteiger partial charge on any atom is -0.497 e. The van der Waals surface area contributed by atoms with Crippen molar-refractivity contribution in [3.8, 4) is 11.5 Å². The van der Waals surface area contributed by atoms with Gasteiger partial charge in [0.25, 0.3) is 0 Å². The molecule has 0 heterocycles. The lowest BCUT2D eigenvalue weighted by Crippen LogP contribution is -2.12. The number of aliphatic carboxylic acids is 1. The van der Waals surface area contributed by atoms with Gasteiger partial charge in [-0.1, -0.05) is 30.8 Å². The second-order valence-corrected chi connectivity index (χ2v) is 4.82. The summed E-state index contributed by atoms with van der Waals surface area (Å²) in [5.41, 5.74) is 0.900. The van der Waals surface area contributed by atoms with E-state index in [1.54, 1.807) is 48.5 Å². The Hall–Kier alpha value is -3.12. The number of ether oxygens (including phenoxy) is 2. The average Bonchev–Trinajstić information content (AvgIpc) is 2.67. The van der Waals surface area contributed by atoms with Crippen LogP contribution in [0.4, 0.5) is 0 Å². The van der Waals surface area contributed by atoms with Crippen LogP contribution in [0.2, 0.25) is 0 Å². The molecule has 0 saturated heterocycles. The van der Waals surface area contributed by atoms with Crippen molar-refractivity contribution in [2.24, 2.45) is 0 Å². The molecular formula is C19H20O6. The van der Waals surface area contributed by atoms with E-state index in [2.05, 4.69) is 6.58 Å². The molecule has 0 aliphatic heterocycles. The first kappa shape index (κ1) is 19.9. The van der Waals surface area contributed by atoms with Crippen molar-refractivity contribution < 1.29 is 29.3 Å². The summed E-state index contributed by atoms with van der Waals surface area (Å²) < 4.78 is 10.2. The third kappa shape index (κ3) is 6.12. The van der Waals surface area contributed by atoms with E-state index in [-0.39, 0.29) is 5.78 Å². The van der Waals surface area contributed by atoms with Crippen molar-refractivity contribution in [3.63, 3.8) is 0 Å². The number of ketones is 1. The van der Waals surface area contributed by atoms with Crippen LogP contribution >= 0.6 is 0 Å². The number of aliphatic hydroxyl groups excluding tert-OH is 1. The molecule has 0 aliphatic carbocycles. The predicted octanol–water partition coefficient (Wildman–Crippen LogP) is 2.88. The van der Waals surface area contributed by atoms with Crippen LogP contribution in [0.25, 0.3) is 0 Å². The van der Waals surface area contributed by atoms with Crippen molar-refractivity contribution in [3.05, 3.63) is 72.3 Å². The minimum absolute atomic E-state index is 0.378. The zero-order valence-corrected chi connectivity index (χ0v) is 14.0. The van der Waals surface area contributed by atoms with Gasteiger partial charge in [-0.05, 0) is 29.8 Å². The van der Waals surface area contributed by atoms with Crippen LogP contribution in [0.3, 0.4) is 0 Å². The van der Waals surface area contributed by atoms with Gasteiger partial charge in [-0.25, -0.2) is 4.79 Å². The minimum atomic E-state index is -1.22. The molecule has 0 aromatic heterocycles. The largest absolute Gasteiger partial charge is 0.497 e. The van der Waals surface area contributed by atoms with E-state index in [4.69, 9.17) is 14.6 Å². The summed E-state index contributed by atoms with van der Waals surface area (Å²) in [6, 6.07) is 13.5. The molecule has 6 nitrogen and oxygen atoms in total. The maximum atomic E-state index is 12.3. The second kappa shape index (κ2) is 9.89. The van der Waals surface area contributed by atoms with Crippen molar-refractivity contribution in [2.45, 2.75) is 6.10 Å². The lowest BCUT2D eigenvalue weighted by Gasteiger charge is -2.12. The Labute approximate surface area is 145 Å². The number of carbonyl (C=O) groups is 2. The topological polar surface area (TPSA) is 93.1 Å². The SMILES string of the molecule is C=CC(=O)O.COc1cccc(C(=O)C(O)c2cccc(OC)c2)c1. The first-order valence-electron chi connectivity index (χ1n) is 7.28. The number of carbonyl (C=O) groups excluding carboxylic acids is 1.